The third-order valence-corrected chi connectivity index (χ3v) is 2.59. The van der Waals surface area contributed by atoms with Gasteiger partial charge in [-0.25, -0.2) is 4.98 Å². The van der Waals surface area contributed by atoms with E-state index < -0.39 is 0 Å². The van der Waals surface area contributed by atoms with Gasteiger partial charge in [0.15, 0.2) is 5.13 Å². The second kappa shape index (κ2) is 4.67. The second-order valence-corrected chi connectivity index (χ2v) is 4.04. The van der Waals surface area contributed by atoms with Gasteiger partial charge in [0.05, 0.1) is 0 Å². The lowest BCUT2D eigenvalue weighted by atomic mass is 10.3. The third-order valence-electron chi connectivity index (χ3n) is 1.61. The topological polar surface area (TPSA) is 16.1 Å². The molecule has 0 N–H and O–H groups in total. The lowest BCUT2D eigenvalue weighted by Gasteiger charge is -2.24. The Bertz CT molecular complexity index is 211. The number of aromatic nitrogens is 1. The number of hydrogen-bond donors (Lipinski definition) is 0. The molecule has 0 aliphatic rings. The fourth-order valence-electron chi connectivity index (χ4n) is 1.02. The van der Waals surface area contributed by atoms with Gasteiger partial charge in [-0.1, -0.05) is 0 Å². The molecular formula is C8H13ClN2S. The maximum Gasteiger partial charge on any atom is 0.185 e. The standard InChI is InChI=1S/C8H13ClN2S/c1-7(2)11(5-3-9)8-10-4-6-12-8/h4,6-7H,3,5H2,1-2H3. The van der Waals surface area contributed by atoms with E-state index >= 15 is 0 Å². The molecule has 0 radical (unpaired) electrons. The quantitative estimate of drug-likeness (QED) is 0.701. The number of nitrogens with zero attached hydrogens (tertiary/aromatic N) is 2. The highest BCUT2D eigenvalue weighted by atomic mass is 35.5. The molecule has 0 aromatic carbocycles. The first kappa shape index (κ1) is 9.81. The molecular weight excluding hydrogens is 192 g/mol. The van der Waals surface area contributed by atoms with Crippen molar-refractivity contribution in [1.82, 2.24) is 4.98 Å². The van der Waals surface area contributed by atoms with Gasteiger partial charge >= 0.3 is 0 Å². The zero-order chi connectivity index (χ0) is 8.97. The highest BCUT2D eigenvalue weighted by Gasteiger charge is 2.11. The fraction of sp³-hybridized carbons (Fsp3) is 0.625. The molecule has 0 spiro atoms. The van der Waals surface area contributed by atoms with E-state index in [4.69, 9.17) is 11.6 Å². The van der Waals surface area contributed by atoms with Crippen LogP contribution in [0.5, 0.6) is 0 Å². The predicted octanol–water partition coefficient (Wildman–Crippen LogP) is 2.60. The van der Waals surface area contributed by atoms with Crippen LogP contribution in [0.3, 0.4) is 0 Å². The SMILES string of the molecule is CC(C)N(CCCl)c1nccs1. The highest BCUT2D eigenvalue weighted by molar-refractivity contribution is 7.13. The first-order valence-corrected chi connectivity index (χ1v) is 5.39. The smallest absolute Gasteiger partial charge is 0.185 e. The van der Waals surface area contributed by atoms with Gasteiger partial charge in [-0.3, -0.25) is 0 Å². The van der Waals surface area contributed by atoms with Crippen molar-refractivity contribution in [2.24, 2.45) is 0 Å². The van der Waals surface area contributed by atoms with E-state index in [-0.39, 0.29) is 0 Å². The molecule has 0 atom stereocenters. The Morgan fingerprint density at radius 1 is 1.67 bits per heavy atom. The first-order chi connectivity index (χ1) is 5.75. The van der Waals surface area contributed by atoms with Gasteiger partial charge in [0.2, 0.25) is 0 Å². The Balaban J connectivity index is 2.66. The second-order valence-electron chi connectivity index (χ2n) is 2.79. The number of hydrogen-bond acceptors (Lipinski definition) is 3. The van der Waals surface area contributed by atoms with Crippen molar-refractivity contribution < 1.29 is 0 Å². The van der Waals surface area contributed by atoms with Crippen LogP contribution >= 0.6 is 22.9 Å². The predicted molar refractivity (Wildman–Crippen MR) is 55.3 cm³/mol. The third kappa shape index (κ3) is 2.35. The van der Waals surface area contributed by atoms with Gasteiger partial charge in [0.1, 0.15) is 0 Å². The number of halogens is 1. The molecule has 0 aliphatic heterocycles. The number of thiazole rings is 1. The maximum atomic E-state index is 5.69. The Morgan fingerprint density at radius 3 is 2.83 bits per heavy atom. The molecule has 1 rings (SSSR count). The van der Waals surface area contributed by atoms with Crippen LogP contribution in [0.15, 0.2) is 11.6 Å². The Kier molecular flexibility index (Phi) is 3.82. The summed E-state index contributed by atoms with van der Waals surface area (Å²) in [6.07, 6.45) is 1.82. The largest absolute Gasteiger partial charge is 0.344 e. The normalized spacial score (nSPS) is 10.7. The summed E-state index contributed by atoms with van der Waals surface area (Å²) in [7, 11) is 0. The molecule has 1 aromatic rings. The number of alkyl halides is 1. The van der Waals surface area contributed by atoms with E-state index in [9.17, 15) is 0 Å². The van der Waals surface area contributed by atoms with E-state index in [1.165, 1.54) is 0 Å². The van der Waals surface area contributed by atoms with Gasteiger partial charge in [0, 0.05) is 30.0 Å². The Hall–Kier alpha value is -0.280. The number of anilines is 1. The van der Waals surface area contributed by atoms with Crippen LogP contribution in [0.2, 0.25) is 0 Å². The van der Waals surface area contributed by atoms with Crippen LogP contribution in [0.1, 0.15) is 13.8 Å². The van der Waals surface area contributed by atoms with Gasteiger partial charge in [-0.05, 0) is 13.8 Å². The van der Waals surface area contributed by atoms with E-state index in [1.807, 2.05) is 11.6 Å². The van der Waals surface area contributed by atoms with Crippen molar-refractivity contribution in [1.29, 1.82) is 0 Å². The average Bonchev–Trinajstić information content (AvgIpc) is 2.51. The van der Waals surface area contributed by atoms with E-state index in [1.54, 1.807) is 11.3 Å². The summed E-state index contributed by atoms with van der Waals surface area (Å²) < 4.78 is 0. The maximum absolute atomic E-state index is 5.69. The summed E-state index contributed by atoms with van der Waals surface area (Å²) in [4.78, 5) is 6.45. The molecule has 68 valence electrons. The van der Waals surface area contributed by atoms with E-state index in [0.29, 0.717) is 11.9 Å². The molecule has 12 heavy (non-hydrogen) atoms. The van der Waals surface area contributed by atoms with Crippen LogP contribution in [0.4, 0.5) is 5.13 Å². The summed E-state index contributed by atoms with van der Waals surface area (Å²) in [5, 5.41) is 3.05. The van der Waals surface area contributed by atoms with Crippen LogP contribution in [0, 0.1) is 0 Å². The summed E-state index contributed by atoms with van der Waals surface area (Å²) in [5.74, 6) is 0.651. The first-order valence-electron chi connectivity index (χ1n) is 3.97. The molecule has 0 fully saturated rings. The molecule has 0 bridgehead atoms. The molecule has 4 heteroatoms. The monoisotopic (exact) mass is 204 g/mol. The molecule has 0 aliphatic carbocycles. The summed E-state index contributed by atoms with van der Waals surface area (Å²) in [6, 6.07) is 0.468. The zero-order valence-electron chi connectivity index (χ0n) is 7.33. The summed E-state index contributed by atoms with van der Waals surface area (Å²) in [6.45, 7) is 5.16. The summed E-state index contributed by atoms with van der Waals surface area (Å²) >= 11 is 7.35. The minimum atomic E-state index is 0.468. The molecule has 1 heterocycles. The Labute approximate surface area is 82.2 Å². The van der Waals surface area contributed by atoms with Crippen molar-refractivity contribution in [3.63, 3.8) is 0 Å². The summed E-state index contributed by atoms with van der Waals surface area (Å²) in [5.41, 5.74) is 0. The lowest BCUT2D eigenvalue weighted by Crippen LogP contribution is -2.32. The molecule has 0 unspecified atom stereocenters. The van der Waals surface area contributed by atoms with Crippen LogP contribution in [-0.4, -0.2) is 23.5 Å². The van der Waals surface area contributed by atoms with Crippen molar-refractivity contribution >= 4 is 28.1 Å². The van der Waals surface area contributed by atoms with Crippen LogP contribution in [0.25, 0.3) is 0 Å². The molecule has 0 amide bonds. The van der Waals surface area contributed by atoms with Crippen LogP contribution < -0.4 is 4.90 Å². The van der Waals surface area contributed by atoms with Crippen molar-refractivity contribution in [3.8, 4) is 0 Å². The van der Waals surface area contributed by atoms with E-state index in [0.717, 1.165) is 11.7 Å². The Morgan fingerprint density at radius 2 is 2.42 bits per heavy atom. The van der Waals surface area contributed by atoms with Gasteiger partial charge in [0.25, 0.3) is 0 Å². The van der Waals surface area contributed by atoms with E-state index in [2.05, 4.69) is 23.7 Å². The lowest BCUT2D eigenvalue weighted by molar-refractivity contribution is 0.703. The van der Waals surface area contributed by atoms with Gasteiger partial charge in [-0.2, -0.15) is 0 Å². The van der Waals surface area contributed by atoms with Crippen molar-refractivity contribution in [2.45, 2.75) is 19.9 Å². The average molecular weight is 205 g/mol. The van der Waals surface area contributed by atoms with Crippen LogP contribution in [-0.2, 0) is 0 Å². The molecule has 0 saturated heterocycles. The van der Waals surface area contributed by atoms with Gasteiger partial charge in [-0.15, -0.1) is 22.9 Å². The van der Waals surface area contributed by atoms with Crippen molar-refractivity contribution in [2.75, 3.05) is 17.3 Å². The minimum absolute atomic E-state index is 0.468. The molecule has 1 aromatic heterocycles. The fourth-order valence-corrected chi connectivity index (χ4v) is 2.01. The molecule has 0 saturated carbocycles. The number of rotatable bonds is 4. The van der Waals surface area contributed by atoms with Crippen molar-refractivity contribution in [3.05, 3.63) is 11.6 Å². The zero-order valence-corrected chi connectivity index (χ0v) is 8.90. The minimum Gasteiger partial charge on any atom is -0.344 e. The highest BCUT2D eigenvalue weighted by Crippen LogP contribution is 2.19. The van der Waals surface area contributed by atoms with Gasteiger partial charge < -0.3 is 4.90 Å². The molecule has 2 nitrogen and oxygen atoms in total.